The van der Waals surface area contributed by atoms with Gasteiger partial charge in [0.05, 0.1) is 29.6 Å². The van der Waals surface area contributed by atoms with Gasteiger partial charge in [-0.2, -0.15) is 0 Å². The predicted molar refractivity (Wildman–Crippen MR) is 120 cm³/mol. The van der Waals surface area contributed by atoms with Crippen LogP contribution in [0.1, 0.15) is 5.56 Å². The molecule has 0 atom stereocenters. The summed E-state index contributed by atoms with van der Waals surface area (Å²) in [6.45, 7) is 2.56. The van der Waals surface area contributed by atoms with Crippen LogP contribution in [-0.4, -0.2) is 23.3 Å². The highest BCUT2D eigenvalue weighted by Crippen LogP contribution is 2.28. The maximum absolute atomic E-state index is 13.2. The maximum Gasteiger partial charge on any atom is 0.261 e. The van der Waals surface area contributed by atoms with Gasteiger partial charge < -0.3 is 9.47 Å². The molecule has 1 heterocycles. The first-order chi connectivity index (χ1) is 14.6. The largest absolute Gasteiger partial charge is 0.497 e. The molecule has 6 heteroatoms. The summed E-state index contributed by atoms with van der Waals surface area (Å²) in [6, 6.07) is 20.4. The van der Waals surface area contributed by atoms with E-state index in [1.54, 1.807) is 23.8 Å². The lowest BCUT2D eigenvalue weighted by molar-refractivity contribution is 0.295. The molecule has 4 aromatic rings. The van der Waals surface area contributed by atoms with Crippen molar-refractivity contribution in [2.45, 2.75) is 13.5 Å². The van der Waals surface area contributed by atoms with E-state index in [-0.39, 0.29) is 12.2 Å². The molecule has 0 saturated carbocycles. The van der Waals surface area contributed by atoms with Crippen LogP contribution in [0, 0.1) is 6.92 Å². The maximum atomic E-state index is 13.2. The fourth-order valence-electron chi connectivity index (χ4n) is 3.37. The minimum atomic E-state index is -0.106. The molecule has 1 aromatic heterocycles. The van der Waals surface area contributed by atoms with E-state index < -0.39 is 0 Å². The third-order valence-corrected chi connectivity index (χ3v) is 5.23. The van der Waals surface area contributed by atoms with E-state index in [0.29, 0.717) is 34.0 Å². The normalized spacial score (nSPS) is 10.9. The molecule has 0 fully saturated rings. The molecule has 30 heavy (non-hydrogen) atoms. The van der Waals surface area contributed by atoms with Gasteiger partial charge in [0.1, 0.15) is 23.9 Å². The molecule has 0 unspecified atom stereocenters. The summed E-state index contributed by atoms with van der Waals surface area (Å²) in [4.78, 5) is 18.0. The van der Waals surface area contributed by atoms with Crippen molar-refractivity contribution in [1.82, 2.24) is 9.55 Å². The van der Waals surface area contributed by atoms with E-state index in [1.807, 2.05) is 61.5 Å². The number of rotatable bonds is 6. The molecule has 0 saturated heterocycles. The Hall–Kier alpha value is -3.31. The number of para-hydroxylation sites is 2. The van der Waals surface area contributed by atoms with Crippen molar-refractivity contribution >= 4 is 22.5 Å². The molecule has 0 spiro atoms. The van der Waals surface area contributed by atoms with Crippen LogP contribution in [0.25, 0.3) is 22.3 Å². The summed E-state index contributed by atoms with van der Waals surface area (Å²) in [7, 11) is 1.62. The number of fused-ring (bicyclic) bond motifs is 1. The average Bonchev–Trinajstić information content (AvgIpc) is 2.77. The van der Waals surface area contributed by atoms with Crippen molar-refractivity contribution < 1.29 is 9.47 Å². The van der Waals surface area contributed by atoms with E-state index in [9.17, 15) is 4.79 Å². The van der Waals surface area contributed by atoms with E-state index >= 15 is 0 Å². The first kappa shape index (κ1) is 20.0. The molecule has 0 amide bonds. The smallest absolute Gasteiger partial charge is 0.261 e. The number of methoxy groups -OCH3 is 1. The zero-order valence-corrected chi connectivity index (χ0v) is 17.5. The first-order valence-electron chi connectivity index (χ1n) is 9.60. The molecule has 0 N–H and O–H groups in total. The average molecular weight is 421 g/mol. The number of hydrogen-bond donors (Lipinski definition) is 0. The Bertz CT molecular complexity index is 1230. The van der Waals surface area contributed by atoms with Crippen LogP contribution in [0.4, 0.5) is 0 Å². The molecule has 3 aromatic carbocycles. The zero-order valence-electron chi connectivity index (χ0n) is 16.8. The van der Waals surface area contributed by atoms with Gasteiger partial charge in [-0.25, -0.2) is 4.98 Å². The van der Waals surface area contributed by atoms with E-state index in [2.05, 4.69) is 0 Å². The Balaban J connectivity index is 1.73. The molecule has 5 nitrogen and oxygen atoms in total. The minimum Gasteiger partial charge on any atom is -0.497 e. The summed E-state index contributed by atoms with van der Waals surface area (Å²) < 4.78 is 12.8. The Kier molecular flexibility index (Phi) is 5.72. The molecule has 0 aliphatic heterocycles. The van der Waals surface area contributed by atoms with Crippen LogP contribution in [0.3, 0.4) is 0 Å². The van der Waals surface area contributed by atoms with E-state index in [4.69, 9.17) is 26.1 Å². The van der Waals surface area contributed by atoms with Crippen molar-refractivity contribution in [2.24, 2.45) is 0 Å². The van der Waals surface area contributed by atoms with Gasteiger partial charge in [-0.05, 0) is 55.0 Å². The Morgan fingerprint density at radius 2 is 1.77 bits per heavy atom. The monoisotopic (exact) mass is 420 g/mol. The van der Waals surface area contributed by atoms with Crippen LogP contribution in [-0.2, 0) is 6.54 Å². The highest BCUT2D eigenvalue weighted by atomic mass is 35.5. The number of hydrogen-bond acceptors (Lipinski definition) is 4. The summed E-state index contributed by atoms with van der Waals surface area (Å²) in [6.07, 6.45) is 0. The minimum absolute atomic E-state index is 0.106. The van der Waals surface area contributed by atoms with Gasteiger partial charge in [-0.3, -0.25) is 9.36 Å². The van der Waals surface area contributed by atoms with Gasteiger partial charge in [-0.1, -0.05) is 35.9 Å². The lowest BCUT2D eigenvalue weighted by Gasteiger charge is -2.16. The SMILES string of the molecule is COc1ccc(-c2nc3ccccc3c(=O)n2CCOc2c(C)cccc2Cl)cc1. The number of benzene rings is 3. The summed E-state index contributed by atoms with van der Waals surface area (Å²) >= 11 is 6.26. The van der Waals surface area contributed by atoms with Gasteiger partial charge >= 0.3 is 0 Å². The van der Waals surface area contributed by atoms with Gasteiger partial charge in [0.2, 0.25) is 0 Å². The zero-order chi connectivity index (χ0) is 21.1. The third-order valence-electron chi connectivity index (χ3n) is 4.93. The van der Waals surface area contributed by atoms with Crippen molar-refractivity contribution in [2.75, 3.05) is 13.7 Å². The molecule has 0 bridgehead atoms. The third kappa shape index (κ3) is 3.89. The fraction of sp³-hybridized carbons (Fsp3) is 0.167. The first-order valence-corrected chi connectivity index (χ1v) is 9.98. The summed E-state index contributed by atoms with van der Waals surface area (Å²) in [5.74, 6) is 1.96. The van der Waals surface area contributed by atoms with Gasteiger partial charge in [0.15, 0.2) is 0 Å². The van der Waals surface area contributed by atoms with Crippen molar-refractivity contribution in [3.05, 3.63) is 87.7 Å². The lowest BCUT2D eigenvalue weighted by Crippen LogP contribution is -2.26. The second kappa shape index (κ2) is 8.59. The van der Waals surface area contributed by atoms with Crippen molar-refractivity contribution in [3.8, 4) is 22.9 Å². The number of aromatic nitrogens is 2. The molecule has 0 aliphatic rings. The molecular weight excluding hydrogens is 400 g/mol. The molecule has 4 rings (SSSR count). The van der Waals surface area contributed by atoms with Crippen LogP contribution in [0.15, 0.2) is 71.5 Å². The van der Waals surface area contributed by atoms with Crippen molar-refractivity contribution in [3.63, 3.8) is 0 Å². The summed E-state index contributed by atoms with van der Waals surface area (Å²) in [5, 5.41) is 1.12. The topological polar surface area (TPSA) is 53.3 Å². The van der Waals surface area contributed by atoms with Gasteiger partial charge in [0, 0.05) is 5.56 Å². The number of nitrogens with zero attached hydrogens (tertiary/aromatic N) is 2. The summed E-state index contributed by atoms with van der Waals surface area (Å²) in [5.41, 5.74) is 2.33. The van der Waals surface area contributed by atoms with E-state index in [0.717, 1.165) is 16.9 Å². The highest BCUT2D eigenvalue weighted by molar-refractivity contribution is 6.32. The molecular formula is C24H21ClN2O3. The fourth-order valence-corrected chi connectivity index (χ4v) is 3.65. The Labute approximate surface area is 179 Å². The van der Waals surface area contributed by atoms with Crippen LogP contribution < -0.4 is 15.0 Å². The second-order valence-electron chi connectivity index (χ2n) is 6.87. The standard InChI is InChI=1S/C24H21ClN2O3/c1-16-6-5-8-20(25)22(16)30-15-14-27-23(17-10-12-18(29-2)13-11-17)26-21-9-4-3-7-19(21)24(27)28/h3-13H,14-15H2,1-2H3. The Morgan fingerprint density at radius 1 is 1.00 bits per heavy atom. The second-order valence-corrected chi connectivity index (χ2v) is 7.28. The van der Waals surface area contributed by atoms with Crippen LogP contribution >= 0.6 is 11.6 Å². The predicted octanol–water partition coefficient (Wildman–Crippen LogP) is 5.11. The van der Waals surface area contributed by atoms with Gasteiger partial charge in [-0.15, -0.1) is 0 Å². The number of aryl methyl sites for hydroxylation is 1. The van der Waals surface area contributed by atoms with E-state index in [1.165, 1.54) is 0 Å². The quantitative estimate of drug-likeness (QED) is 0.434. The number of ether oxygens (including phenoxy) is 2. The van der Waals surface area contributed by atoms with Crippen molar-refractivity contribution in [1.29, 1.82) is 0 Å². The highest BCUT2D eigenvalue weighted by Gasteiger charge is 2.14. The molecule has 0 radical (unpaired) electrons. The van der Waals surface area contributed by atoms with Crippen LogP contribution in [0.5, 0.6) is 11.5 Å². The molecule has 0 aliphatic carbocycles. The Morgan fingerprint density at radius 3 is 2.50 bits per heavy atom. The molecule has 152 valence electrons. The van der Waals surface area contributed by atoms with Crippen LogP contribution in [0.2, 0.25) is 5.02 Å². The van der Waals surface area contributed by atoms with Gasteiger partial charge in [0.25, 0.3) is 5.56 Å². The lowest BCUT2D eigenvalue weighted by atomic mass is 10.1. The number of halogens is 1.